The lowest BCUT2D eigenvalue weighted by atomic mass is 9.59. The summed E-state index contributed by atoms with van der Waals surface area (Å²) in [7, 11) is 0. The van der Waals surface area contributed by atoms with Crippen molar-refractivity contribution < 1.29 is 14.3 Å². The van der Waals surface area contributed by atoms with Gasteiger partial charge in [0.1, 0.15) is 22.9 Å². The molecule has 2 aliphatic heterocycles. The number of allylic oxidation sites excluding steroid dienone is 1. The zero-order valence-corrected chi connectivity index (χ0v) is 15.9. The molecule has 7 heteroatoms. The highest BCUT2D eigenvalue weighted by Crippen LogP contribution is 2.56. The van der Waals surface area contributed by atoms with Crippen LogP contribution in [0.2, 0.25) is 0 Å². The largest absolute Gasteiger partial charge is 0.425 e. The van der Waals surface area contributed by atoms with Gasteiger partial charge in [-0.3, -0.25) is 9.59 Å². The Balaban J connectivity index is 2.08. The molecule has 1 aromatic carbocycles. The van der Waals surface area contributed by atoms with E-state index >= 15 is 0 Å². The van der Waals surface area contributed by atoms with Gasteiger partial charge in [-0.05, 0) is 24.0 Å². The summed E-state index contributed by atoms with van der Waals surface area (Å²) in [4.78, 5) is 30.6. The van der Waals surface area contributed by atoms with Gasteiger partial charge in [0.15, 0.2) is 5.78 Å². The number of aliphatic imine (C=N–C) groups is 1. The quantitative estimate of drug-likeness (QED) is 0.519. The highest BCUT2D eigenvalue weighted by Gasteiger charge is 2.63. The number of nitrogens with zero attached hydrogens (tertiary/aromatic N) is 2. The van der Waals surface area contributed by atoms with Gasteiger partial charge in [-0.1, -0.05) is 35.8 Å². The lowest BCUT2D eigenvalue weighted by Crippen LogP contribution is -2.53. The number of carbonyl (C=O) groups is 2. The predicted molar refractivity (Wildman–Crippen MR) is 97.2 cm³/mol. The van der Waals surface area contributed by atoms with Crippen molar-refractivity contribution in [3.05, 3.63) is 39.5 Å². The van der Waals surface area contributed by atoms with E-state index in [1.165, 1.54) is 0 Å². The number of amidine groups is 1. The van der Waals surface area contributed by atoms with Crippen LogP contribution in [0.15, 0.2) is 38.9 Å². The summed E-state index contributed by atoms with van der Waals surface area (Å²) < 4.78 is 6.23. The second-order valence-electron chi connectivity index (χ2n) is 7.70. The van der Waals surface area contributed by atoms with E-state index in [0.717, 1.165) is 4.47 Å². The number of carbonyl (C=O) groups excluding carboxylic acids is 2. The molecule has 0 fully saturated rings. The molecule has 0 amide bonds. The fourth-order valence-corrected chi connectivity index (χ4v) is 4.63. The van der Waals surface area contributed by atoms with Gasteiger partial charge >= 0.3 is 5.97 Å². The Kier molecular flexibility index (Phi) is 3.44. The number of ether oxygens (including phenoxy) is 1. The highest BCUT2D eigenvalue weighted by atomic mass is 79.9. The molecule has 2 heterocycles. The average molecular weight is 414 g/mol. The van der Waals surface area contributed by atoms with E-state index in [1.807, 2.05) is 13.8 Å². The smallest absolute Gasteiger partial charge is 0.328 e. The van der Waals surface area contributed by atoms with E-state index < -0.39 is 17.3 Å². The molecule has 1 aromatic rings. The third-order valence-electron chi connectivity index (χ3n) is 5.26. The van der Waals surface area contributed by atoms with E-state index in [1.54, 1.807) is 18.2 Å². The third-order valence-corrected chi connectivity index (χ3v) is 5.76. The van der Waals surface area contributed by atoms with Crippen LogP contribution in [0.1, 0.15) is 32.3 Å². The van der Waals surface area contributed by atoms with Gasteiger partial charge < -0.3 is 10.5 Å². The number of hydrogen-bond donors (Lipinski definition) is 1. The number of benzene rings is 1. The van der Waals surface area contributed by atoms with Crippen LogP contribution < -0.4 is 10.5 Å². The SMILES string of the molecule is CC1(C)CC(=O)C2=C(C1)N=C(N)C(C#N)[C@]21C(=O)Oc2cc(Br)ccc21. The Morgan fingerprint density at radius 3 is 2.77 bits per heavy atom. The third kappa shape index (κ3) is 2.05. The maximum Gasteiger partial charge on any atom is 0.328 e. The summed E-state index contributed by atoms with van der Waals surface area (Å²) >= 11 is 3.35. The Labute approximate surface area is 158 Å². The standard InChI is InChI=1S/C19H16BrN3O3/c1-18(2)6-12-15(13(24)7-18)19(11(8-21)16(22)23-12)10-4-3-9(20)5-14(10)26-17(19)25/h3-5,11H,6-7H2,1-2H3,(H2,22,23)/t11?,19-/m0/s1. The second kappa shape index (κ2) is 5.27. The van der Waals surface area contributed by atoms with Crippen molar-refractivity contribution >= 4 is 33.5 Å². The molecular weight excluding hydrogens is 398 g/mol. The van der Waals surface area contributed by atoms with Gasteiger partial charge in [0.05, 0.1) is 11.8 Å². The fraction of sp³-hybridized carbons (Fsp3) is 0.368. The molecule has 132 valence electrons. The zero-order valence-electron chi connectivity index (χ0n) is 14.3. The first-order chi connectivity index (χ1) is 12.2. The number of fused-ring (bicyclic) bond motifs is 3. The molecule has 0 saturated carbocycles. The lowest BCUT2D eigenvalue weighted by molar-refractivity contribution is -0.139. The van der Waals surface area contributed by atoms with Crippen LogP contribution in [0.3, 0.4) is 0 Å². The molecule has 26 heavy (non-hydrogen) atoms. The number of halogens is 1. The van der Waals surface area contributed by atoms with E-state index in [-0.39, 0.29) is 29.0 Å². The predicted octanol–water partition coefficient (Wildman–Crippen LogP) is 2.76. The minimum Gasteiger partial charge on any atom is -0.425 e. The molecule has 3 aliphatic rings. The van der Waals surface area contributed by atoms with Crippen LogP contribution in [-0.2, 0) is 15.0 Å². The summed E-state index contributed by atoms with van der Waals surface area (Å²) in [5.74, 6) is -1.52. The van der Waals surface area contributed by atoms with E-state index in [9.17, 15) is 14.9 Å². The summed E-state index contributed by atoms with van der Waals surface area (Å²) in [5, 5.41) is 9.80. The van der Waals surface area contributed by atoms with Crippen molar-refractivity contribution in [1.29, 1.82) is 5.26 Å². The maximum absolute atomic E-state index is 13.1. The Morgan fingerprint density at radius 2 is 2.08 bits per heavy atom. The van der Waals surface area contributed by atoms with E-state index in [4.69, 9.17) is 10.5 Å². The fourth-order valence-electron chi connectivity index (χ4n) is 4.29. The van der Waals surface area contributed by atoms with Crippen molar-refractivity contribution in [1.82, 2.24) is 0 Å². The molecule has 0 saturated heterocycles. The second-order valence-corrected chi connectivity index (χ2v) is 8.62. The molecule has 0 bridgehead atoms. The first-order valence-electron chi connectivity index (χ1n) is 8.23. The molecule has 2 atom stereocenters. The van der Waals surface area contributed by atoms with Crippen LogP contribution in [-0.4, -0.2) is 17.6 Å². The van der Waals surface area contributed by atoms with Gasteiger partial charge in [0, 0.05) is 22.0 Å². The van der Waals surface area contributed by atoms with Gasteiger partial charge in [-0.15, -0.1) is 0 Å². The monoisotopic (exact) mass is 413 g/mol. The van der Waals surface area contributed by atoms with Crippen LogP contribution in [0, 0.1) is 22.7 Å². The molecule has 2 N–H and O–H groups in total. The van der Waals surface area contributed by atoms with Gasteiger partial charge in [0.25, 0.3) is 0 Å². The van der Waals surface area contributed by atoms with Gasteiger partial charge in [-0.2, -0.15) is 5.26 Å². The van der Waals surface area contributed by atoms with E-state index in [0.29, 0.717) is 23.4 Å². The van der Waals surface area contributed by atoms with Gasteiger partial charge in [0.2, 0.25) is 0 Å². The topological polar surface area (TPSA) is 106 Å². The highest BCUT2D eigenvalue weighted by molar-refractivity contribution is 9.10. The van der Waals surface area contributed by atoms with Crippen LogP contribution in [0.5, 0.6) is 5.75 Å². The number of esters is 1. The molecule has 1 aliphatic carbocycles. The molecular formula is C19H16BrN3O3. The number of nitriles is 1. The normalized spacial score (nSPS) is 29.0. The van der Waals surface area contributed by atoms with Gasteiger partial charge in [-0.25, -0.2) is 4.99 Å². The van der Waals surface area contributed by atoms with Crippen LogP contribution >= 0.6 is 15.9 Å². The number of nitrogens with two attached hydrogens (primary N) is 1. The van der Waals surface area contributed by atoms with Crippen molar-refractivity contribution in [2.45, 2.75) is 32.1 Å². The lowest BCUT2D eigenvalue weighted by Gasteiger charge is -2.41. The van der Waals surface area contributed by atoms with Crippen molar-refractivity contribution in [2.75, 3.05) is 0 Å². The maximum atomic E-state index is 13.1. The van der Waals surface area contributed by atoms with Crippen LogP contribution in [0.4, 0.5) is 0 Å². The van der Waals surface area contributed by atoms with Crippen molar-refractivity contribution in [2.24, 2.45) is 22.1 Å². The Morgan fingerprint density at radius 1 is 1.35 bits per heavy atom. The summed E-state index contributed by atoms with van der Waals surface area (Å²) in [6, 6.07) is 7.23. The Hall–Kier alpha value is -2.46. The van der Waals surface area contributed by atoms with E-state index in [2.05, 4.69) is 27.0 Å². The zero-order chi connectivity index (χ0) is 18.9. The number of Topliss-reactive ketones (excluding diaryl/α,β-unsaturated/α-hetero) is 1. The molecule has 0 aromatic heterocycles. The molecule has 1 spiro atoms. The first kappa shape index (κ1) is 17.0. The number of hydrogen-bond acceptors (Lipinski definition) is 6. The van der Waals surface area contributed by atoms with Crippen molar-refractivity contribution in [3.63, 3.8) is 0 Å². The molecule has 0 radical (unpaired) electrons. The minimum absolute atomic E-state index is 0.0458. The minimum atomic E-state index is -1.54. The summed E-state index contributed by atoms with van der Waals surface area (Å²) in [5.41, 5.74) is 5.52. The van der Waals surface area contributed by atoms with Crippen LogP contribution in [0.25, 0.3) is 0 Å². The molecule has 1 unspecified atom stereocenters. The first-order valence-corrected chi connectivity index (χ1v) is 9.03. The number of rotatable bonds is 0. The summed E-state index contributed by atoms with van der Waals surface area (Å²) in [6.07, 6.45) is 0.786. The molecule has 6 nitrogen and oxygen atoms in total. The number of ketones is 1. The van der Waals surface area contributed by atoms with Crippen molar-refractivity contribution in [3.8, 4) is 11.8 Å². The summed E-state index contributed by atoms with van der Waals surface area (Å²) in [6.45, 7) is 3.95. The average Bonchev–Trinajstić information content (AvgIpc) is 2.78. The Bertz CT molecular complexity index is 986. The molecule has 4 rings (SSSR count).